The van der Waals surface area contributed by atoms with Gasteiger partial charge >= 0.3 is 11.8 Å². The van der Waals surface area contributed by atoms with Gasteiger partial charge in [-0.3, -0.25) is 19.4 Å². The standard InChI is InChI=1S/C20H30ClN5O3/c21-17-1-3-18(4-2-17)26-11-9-24(10-12-26)7-5-22-19(27)20(28)23-6-8-25-13-15-29-16-14-25/h1-4H,5-16H2,(H,22,27)(H,23,28). The second-order valence-electron chi connectivity index (χ2n) is 7.27. The van der Waals surface area contributed by atoms with Crippen LogP contribution in [0.25, 0.3) is 0 Å². The van der Waals surface area contributed by atoms with Crippen LogP contribution in [-0.2, 0) is 14.3 Å². The lowest BCUT2D eigenvalue weighted by atomic mass is 10.2. The van der Waals surface area contributed by atoms with Crippen molar-refractivity contribution in [3.05, 3.63) is 29.3 Å². The van der Waals surface area contributed by atoms with Crippen LogP contribution < -0.4 is 15.5 Å². The van der Waals surface area contributed by atoms with Crippen LogP contribution in [0.4, 0.5) is 5.69 Å². The largest absolute Gasteiger partial charge is 0.379 e. The fourth-order valence-corrected chi connectivity index (χ4v) is 3.65. The number of hydrogen-bond donors (Lipinski definition) is 2. The fourth-order valence-electron chi connectivity index (χ4n) is 3.52. The number of halogens is 1. The minimum atomic E-state index is -0.564. The molecule has 8 nitrogen and oxygen atoms in total. The SMILES string of the molecule is O=C(NCCN1CCOCC1)C(=O)NCCN1CCN(c2ccc(Cl)cc2)CC1. The first-order chi connectivity index (χ1) is 14.1. The smallest absolute Gasteiger partial charge is 0.309 e. The summed E-state index contributed by atoms with van der Waals surface area (Å²) in [5.74, 6) is -1.13. The maximum atomic E-state index is 11.9. The summed E-state index contributed by atoms with van der Waals surface area (Å²) in [7, 11) is 0. The molecule has 2 aliphatic heterocycles. The van der Waals surface area contributed by atoms with Crippen LogP contribution in [0.2, 0.25) is 5.02 Å². The lowest BCUT2D eigenvalue weighted by molar-refractivity contribution is -0.139. The molecule has 0 saturated carbocycles. The van der Waals surface area contributed by atoms with E-state index >= 15 is 0 Å². The number of nitrogens with zero attached hydrogens (tertiary/aromatic N) is 3. The third-order valence-corrected chi connectivity index (χ3v) is 5.55. The van der Waals surface area contributed by atoms with Crippen molar-refractivity contribution in [2.45, 2.75) is 0 Å². The molecule has 0 radical (unpaired) electrons. The molecule has 0 atom stereocenters. The molecule has 3 rings (SSSR count). The Bertz CT molecular complexity index is 659. The van der Waals surface area contributed by atoms with Gasteiger partial charge < -0.3 is 20.3 Å². The molecule has 2 N–H and O–H groups in total. The van der Waals surface area contributed by atoms with Gasteiger partial charge in [-0.2, -0.15) is 0 Å². The van der Waals surface area contributed by atoms with Crippen LogP contribution in [0.5, 0.6) is 0 Å². The summed E-state index contributed by atoms with van der Waals surface area (Å²) in [5.41, 5.74) is 1.18. The Kier molecular flexibility index (Phi) is 8.54. The molecule has 2 saturated heterocycles. The summed E-state index contributed by atoms with van der Waals surface area (Å²) in [6.07, 6.45) is 0. The monoisotopic (exact) mass is 423 g/mol. The molecular weight excluding hydrogens is 394 g/mol. The number of carbonyl (C=O) groups is 2. The van der Waals surface area contributed by atoms with Gasteiger partial charge in [0.25, 0.3) is 0 Å². The summed E-state index contributed by atoms with van der Waals surface area (Å²) in [6, 6.07) is 7.89. The first-order valence-corrected chi connectivity index (χ1v) is 10.6. The van der Waals surface area contributed by atoms with Gasteiger partial charge in [-0.15, -0.1) is 0 Å². The molecule has 9 heteroatoms. The van der Waals surface area contributed by atoms with E-state index in [1.54, 1.807) is 0 Å². The Morgan fingerprint density at radius 1 is 0.828 bits per heavy atom. The second kappa shape index (κ2) is 11.3. The highest BCUT2D eigenvalue weighted by Gasteiger charge is 2.18. The molecule has 0 bridgehead atoms. The van der Waals surface area contributed by atoms with Crippen LogP contribution >= 0.6 is 11.6 Å². The molecule has 160 valence electrons. The molecule has 0 unspecified atom stereocenters. The van der Waals surface area contributed by atoms with Crippen molar-refractivity contribution in [3.8, 4) is 0 Å². The third kappa shape index (κ3) is 7.15. The number of piperazine rings is 1. The van der Waals surface area contributed by atoms with E-state index in [2.05, 4.69) is 25.3 Å². The summed E-state index contributed by atoms with van der Waals surface area (Å²) < 4.78 is 5.29. The number of ether oxygens (including phenoxy) is 1. The number of amides is 2. The molecule has 0 spiro atoms. The maximum absolute atomic E-state index is 11.9. The van der Waals surface area contributed by atoms with E-state index in [-0.39, 0.29) is 0 Å². The predicted molar refractivity (Wildman–Crippen MR) is 113 cm³/mol. The van der Waals surface area contributed by atoms with Crippen LogP contribution in [0, 0.1) is 0 Å². The molecule has 1 aromatic rings. The van der Waals surface area contributed by atoms with Gasteiger partial charge in [-0.25, -0.2) is 0 Å². The first kappa shape index (κ1) is 21.8. The lowest BCUT2D eigenvalue weighted by Crippen LogP contribution is -2.50. The molecule has 2 aliphatic rings. The Morgan fingerprint density at radius 2 is 1.34 bits per heavy atom. The van der Waals surface area contributed by atoms with E-state index in [0.717, 1.165) is 70.6 Å². The zero-order chi connectivity index (χ0) is 20.5. The molecule has 2 amide bonds. The molecule has 2 fully saturated rings. The highest BCUT2D eigenvalue weighted by molar-refractivity contribution is 6.35. The molecular formula is C20H30ClN5O3. The van der Waals surface area contributed by atoms with Gasteiger partial charge in [-0.1, -0.05) is 11.6 Å². The molecule has 0 aromatic heterocycles. The number of benzene rings is 1. The second-order valence-corrected chi connectivity index (χ2v) is 7.71. The predicted octanol–water partition coefficient (Wildman–Crippen LogP) is 0.0266. The third-order valence-electron chi connectivity index (χ3n) is 5.30. The Morgan fingerprint density at radius 3 is 1.90 bits per heavy atom. The quantitative estimate of drug-likeness (QED) is 0.602. The van der Waals surface area contributed by atoms with E-state index in [1.807, 2.05) is 24.3 Å². The van der Waals surface area contributed by atoms with E-state index in [0.29, 0.717) is 13.1 Å². The fraction of sp³-hybridized carbons (Fsp3) is 0.600. The van der Waals surface area contributed by atoms with Crippen molar-refractivity contribution in [1.29, 1.82) is 0 Å². The highest BCUT2D eigenvalue weighted by atomic mass is 35.5. The molecule has 2 heterocycles. The van der Waals surface area contributed by atoms with Crippen LogP contribution in [0.3, 0.4) is 0 Å². The van der Waals surface area contributed by atoms with Crippen molar-refractivity contribution in [1.82, 2.24) is 20.4 Å². The van der Waals surface area contributed by atoms with E-state index < -0.39 is 11.8 Å². The van der Waals surface area contributed by atoms with Gasteiger partial charge in [-0.05, 0) is 24.3 Å². The zero-order valence-electron chi connectivity index (χ0n) is 16.7. The summed E-state index contributed by atoms with van der Waals surface area (Å²) in [6.45, 7) is 9.30. The van der Waals surface area contributed by atoms with Crippen molar-refractivity contribution < 1.29 is 14.3 Å². The maximum Gasteiger partial charge on any atom is 0.309 e. The lowest BCUT2D eigenvalue weighted by Gasteiger charge is -2.36. The summed E-state index contributed by atoms with van der Waals surface area (Å²) in [5, 5.41) is 6.14. The van der Waals surface area contributed by atoms with Gasteiger partial charge in [0.1, 0.15) is 0 Å². The summed E-state index contributed by atoms with van der Waals surface area (Å²) >= 11 is 5.95. The Hall–Kier alpha value is -1.87. The highest BCUT2D eigenvalue weighted by Crippen LogP contribution is 2.19. The zero-order valence-corrected chi connectivity index (χ0v) is 17.5. The number of anilines is 1. The topological polar surface area (TPSA) is 77.1 Å². The Labute approximate surface area is 177 Å². The number of nitrogens with one attached hydrogen (secondary N) is 2. The van der Waals surface area contributed by atoms with Crippen LogP contribution in [0.15, 0.2) is 24.3 Å². The summed E-state index contributed by atoms with van der Waals surface area (Å²) in [4.78, 5) is 30.7. The van der Waals surface area contributed by atoms with Crippen LogP contribution in [-0.4, -0.2) is 100 Å². The first-order valence-electron chi connectivity index (χ1n) is 10.2. The molecule has 29 heavy (non-hydrogen) atoms. The van der Waals surface area contributed by atoms with Crippen molar-refractivity contribution in [3.63, 3.8) is 0 Å². The minimum absolute atomic E-state index is 0.469. The van der Waals surface area contributed by atoms with E-state index in [4.69, 9.17) is 16.3 Å². The molecule has 1 aromatic carbocycles. The van der Waals surface area contributed by atoms with Gasteiger partial charge in [0.15, 0.2) is 0 Å². The normalized spacial score (nSPS) is 18.4. The van der Waals surface area contributed by atoms with Crippen molar-refractivity contribution in [2.24, 2.45) is 0 Å². The number of hydrogen-bond acceptors (Lipinski definition) is 6. The molecule has 0 aliphatic carbocycles. The minimum Gasteiger partial charge on any atom is -0.379 e. The van der Waals surface area contributed by atoms with Crippen molar-refractivity contribution in [2.75, 3.05) is 83.6 Å². The number of carbonyl (C=O) groups excluding carboxylic acids is 2. The average Bonchev–Trinajstić information content (AvgIpc) is 2.75. The van der Waals surface area contributed by atoms with Crippen LogP contribution in [0.1, 0.15) is 0 Å². The van der Waals surface area contributed by atoms with Gasteiger partial charge in [0.2, 0.25) is 0 Å². The van der Waals surface area contributed by atoms with E-state index in [9.17, 15) is 9.59 Å². The van der Waals surface area contributed by atoms with E-state index in [1.165, 1.54) is 5.69 Å². The van der Waals surface area contributed by atoms with Gasteiger partial charge in [0, 0.05) is 76.2 Å². The van der Waals surface area contributed by atoms with Crippen molar-refractivity contribution >= 4 is 29.1 Å². The number of rotatable bonds is 7. The van der Waals surface area contributed by atoms with Gasteiger partial charge in [0.05, 0.1) is 13.2 Å². The Balaban J connectivity index is 1.26. The average molecular weight is 424 g/mol. The number of morpholine rings is 1.